The van der Waals surface area contributed by atoms with Crippen LogP contribution in [0.1, 0.15) is 38.1 Å². The predicted molar refractivity (Wildman–Crippen MR) is 87.6 cm³/mol. The first-order valence-electron chi connectivity index (χ1n) is 6.96. The van der Waals surface area contributed by atoms with Gasteiger partial charge in [0.15, 0.2) is 0 Å². The molecule has 1 aromatic heterocycles. The minimum Gasteiger partial charge on any atom is -0.489 e. The molecular formula is C16H22N2OS. The molecule has 0 aliphatic carbocycles. The molecule has 1 heterocycles. The molecule has 3 nitrogen and oxygen atoms in total. The highest BCUT2D eigenvalue weighted by molar-refractivity contribution is 7.10. The summed E-state index contributed by atoms with van der Waals surface area (Å²) in [6.45, 7) is 6.18. The average Bonchev–Trinajstić information content (AvgIpc) is 2.93. The highest BCUT2D eigenvalue weighted by Gasteiger charge is 2.11. The van der Waals surface area contributed by atoms with Crippen LogP contribution in [-0.4, -0.2) is 6.10 Å². The minimum absolute atomic E-state index is 0.117. The molecule has 4 heteroatoms. The third-order valence-electron chi connectivity index (χ3n) is 3.01. The molecule has 2 aromatic rings. The van der Waals surface area contributed by atoms with E-state index >= 15 is 0 Å². The molecule has 3 N–H and O–H groups in total. The molecule has 20 heavy (non-hydrogen) atoms. The van der Waals surface area contributed by atoms with Gasteiger partial charge in [0.25, 0.3) is 0 Å². The van der Waals surface area contributed by atoms with E-state index in [2.05, 4.69) is 29.8 Å². The van der Waals surface area contributed by atoms with Crippen molar-refractivity contribution in [3.8, 4) is 5.75 Å². The lowest BCUT2D eigenvalue weighted by Gasteiger charge is -2.19. The molecular weight excluding hydrogens is 268 g/mol. The van der Waals surface area contributed by atoms with E-state index in [9.17, 15) is 0 Å². The maximum absolute atomic E-state index is 5.94. The molecule has 1 unspecified atom stereocenters. The second-order valence-electron chi connectivity index (χ2n) is 5.04. The lowest BCUT2D eigenvalue weighted by atomic mass is 10.1. The Morgan fingerprint density at radius 3 is 2.70 bits per heavy atom. The van der Waals surface area contributed by atoms with Crippen LogP contribution in [0.3, 0.4) is 0 Å². The first-order chi connectivity index (χ1) is 9.60. The number of rotatable bonds is 6. The predicted octanol–water partition coefficient (Wildman–Crippen LogP) is 4.68. The first-order valence-corrected chi connectivity index (χ1v) is 7.84. The van der Waals surface area contributed by atoms with Gasteiger partial charge in [0.2, 0.25) is 0 Å². The molecule has 0 radical (unpaired) electrons. The Balaban J connectivity index is 2.16. The van der Waals surface area contributed by atoms with E-state index in [4.69, 9.17) is 10.5 Å². The third-order valence-corrected chi connectivity index (χ3v) is 4.00. The van der Waals surface area contributed by atoms with E-state index in [0.29, 0.717) is 11.7 Å². The Hall–Kier alpha value is -1.68. The van der Waals surface area contributed by atoms with Crippen LogP contribution in [0.25, 0.3) is 0 Å². The normalized spacial score (nSPS) is 12.4. The SMILES string of the molecule is CCC(Nc1ccc(N)c(OC(C)C)c1)c1cccs1. The van der Waals surface area contributed by atoms with Gasteiger partial charge >= 0.3 is 0 Å². The lowest BCUT2D eigenvalue weighted by molar-refractivity contribution is 0.244. The van der Waals surface area contributed by atoms with Gasteiger partial charge in [0.1, 0.15) is 5.75 Å². The third kappa shape index (κ3) is 3.67. The fourth-order valence-corrected chi connectivity index (χ4v) is 2.91. The van der Waals surface area contributed by atoms with Crippen LogP contribution in [0.4, 0.5) is 11.4 Å². The number of nitrogen functional groups attached to an aromatic ring is 1. The monoisotopic (exact) mass is 290 g/mol. The Kier molecular flexibility index (Phi) is 4.90. The van der Waals surface area contributed by atoms with E-state index < -0.39 is 0 Å². The largest absolute Gasteiger partial charge is 0.489 e. The zero-order valence-electron chi connectivity index (χ0n) is 12.2. The minimum atomic E-state index is 0.117. The second kappa shape index (κ2) is 6.66. The smallest absolute Gasteiger partial charge is 0.144 e. The molecule has 0 bridgehead atoms. The van der Waals surface area contributed by atoms with E-state index in [-0.39, 0.29) is 6.10 Å². The van der Waals surface area contributed by atoms with E-state index in [1.807, 2.05) is 32.0 Å². The highest BCUT2D eigenvalue weighted by atomic mass is 32.1. The summed E-state index contributed by atoms with van der Waals surface area (Å²) in [5, 5.41) is 5.65. The molecule has 2 rings (SSSR count). The maximum Gasteiger partial charge on any atom is 0.144 e. The topological polar surface area (TPSA) is 47.3 Å². The number of hydrogen-bond donors (Lipinski definition) is 2. The second-order valence-corrected chi connectivity index (χ2v) is 6.02. The van der Waals surface area contributed by atoms with Gasteiger partial charge < -0.3 is 15.8 Å². The summed E-state index contributed by atoms with van der Waals surface area (Å²) in [7, 11) is 0. The molecule has 108 valence electrons. The van der Waals surface area contributed by atoms with Crippen molar-refractivity contribution in [3.63, 3.8) is 0 Å². The van der Waals surface area contributed by atoms with Crippen LogP contribution < -0.4 is 15.8 Å². The lowest BCUT2D eigenvalue weighted by Crippen LogP contribution is -2.10. The van der Waals surface area contributed by atoms with Crippen LogP contribution in [0.5, 0.6) is 5.75 Å². The van der Waals surface area contributed by atoms with Gasteiger partial charge in [0.05, 0.1) is 17.8 Å². The zero-order chi connectivity index (χ0) is 14.5. The summed E-state index contributed by atoms with van der Waals surface area (Å²) in [5.74, 6) is 0.742. The number of hydrogen-bond acceptors (Lipinski definition) is 4. The van der Waals surface area contributed by atoms with Crippen LogP contribution in [0, 0.1) is 0 Å². The highest BCUT2D eigenvalue weighted by Crippen LogP contribution is 2.31. The number of thiophene rings is 1. The van der Waals surface area contributed by atoms with Gasteiger partial charge in [-0.1, -0.05) is 13.0 Å². The Morgan fingerprint density at radius 2 is 2.10 bits per heavy atom. The Morgan fingerprint density at radius 1 is 1.30 bits per heavy atom. The molecule has 0 aliphatic rings. The number of ether oxygens (including phenoxy) is 1. The zero-order valence-corrected chi connectivity index (χ0v) is 13.0. The van der Waals surface area contributed by atoms with Gasteiger partial charge in [-0.15, -0.1) is 11.3 Å². The molecule has 0 amide bonds. The van der Waals surface area contributed by atoms with Gasteiger partial charge in [0, 0.05) is 16.6 Å². The number of anilines is 2. The average molecular weight is 290 g/mol. The fraction of sp³-hybridized carbons (Fsp3) is 0.375. The Labute approximate surface area is 124 Å². The van der Waals surface area contributed by atoms with Crippen molar-refractivity contribution in [3.05, 3.63) is 40.6 Å². The molecule has 1 aromatic carbocycles. The van der Waals surface area contributed by atoms with Crippen molar-refractivity contribution in [1.29, 1.82) is 0 Å². The van der Waals surface area contributed by atoms with Gasteiger partial charge in [-0.05, 0) is 43.8 Å². The molecule has 1 atom stereocenters. The van der Waals surface area contributed by atoms with Crippen LogP contribution in [0.2, 0.25) is 0 Å². The van der Waals surface area contributed by atoms with Crippen LogP contribution in [0.15, 0.2) is 35.7 Å². The molecule has 0 saturated carbocycles. The number of benzene rings is 1. The quantitative estimate of drug-likeness (QED) is 0.759. The van der Waals surface area contributed by atoms with E-state index in [1.165, 1.54) is 4.88 Å². The van der Waals surface area contributed by atoms with Crippen molar-refractivity contribution in [2.75, 3.05) is 11.1 Å². The van der Waals surface area contributed by atoms with Crippen molar-refractivity contribution < 1.29 is 4.74 Å². The summed E-state index contributed by atoms with van der Waals surface area (Å²) in [4.78, 5) is 1.34. The molecule has 0 saturated heterocycles. The van der Waals surface area contributed by atoms with E-state index in [0.717, 1.165) is 17.9 Å². The summed E-state index contributed by atoms with van der Waals surface area (Å²) in [6.07, 6.45) is 1.15. The van der Waals surface area contributed by atoms with Crippen LogP contribution >= 0.6 is 11.3 Å². The maximum atomic E-state index is 5.94. The summed E-state index contributed by atoms with van der Waals surface area (Å²) in [6, 6.07) is 10.4. The molecule has 0 spiro atoms. The fourth-order valence-electron chi connectivity index (χ4n) is 2.05. The molecule has 0 aliphatic heterocycles. The first kappa shape index (κ1) is 14.7. The molecule has 0 fully saturated rings. The van der Waals surface area contributed by atoms with Crippen LogP contribution in [-0.2, 0) is 0 Å². The van der Waals surface area contributed by atoms with Crippen molar-refractivity contribution in [2.45, 2.75) is 39.3 Å². The summed E-state index contributed by atoms with van der Waals surface area (Å²) >= 11 is 1.77. The Bertz CT molecular complexity index is 537. The summed E-state index contributed by atoms with van der Waals surface area (Å²) in [5.41, 5.74) is 7.66. The van der Waals surface area contributed by atoms with Crippen molar-refractivity contribution in [1.82, 2.24) is 0 Å². The number of nitrogens with one attached hydrogen (secondary N) is 1. The van der Waals surface area contributed by atoms with Crippen molar-refractivity contribution in [2.24, 2.45) is 0 Å². The number of nitrogens with two attached hydrogens (primary N) is 1. The van der Waals surface area contributed by atoms with Crippen molar-refractivity contribution >= 4 is 22.7 Å². The summed E-state index contributed by atoms with van der Waals surface area (Å²) < 4.78 is 5.73. The van der Waals surface area contributed by atoms with Gasteiger partial charge in [-0.3, -0.25) is 0 Å². The standard InChI is InChI=1S/C16H22N2OS/c1-4-14(16-6-5-9-20-16)18-12-7-8-13(17)15(10-12)19-11(2)3/h5-11,14,18H,4,17H2,1-3H3. The van der Waals surface area contributed by atoms with Gasteiger partial charge in [-0.25, -0.2) is 0 Å². The van der Waals surface area contributed by atoms with E-state index in [1.54, 1.807) is 11.3 Å². The van der Waals surface area contributed by atoms with Gasteiger partial charge in [-0.2, -0.15) is 0 Å².